The van der Waals surface area contributed by atoms with E-state index in [0.29, 0.717) is 13.1 Å². The van der Waals surface area contributed by atoms with Crippen LogP contribution in [0.25, 0.3) is 0 Å². The van der Waals surface area contributed by atoms with E-state index in [4.69, 9.17) is 4.18 Å². The molecule has 0 aliphatic rings. The standard InChI is InChI=1S/C17H28N2O4S/c1-6-14(5)19(17(20)18-7-2)12-15-8-10-16(11-9-15)23-24(21,22)13(3)4/h8-11,13-14H,6-7,12H2,1-5H3,(H,18,20). The molecule has 1 aromatic rings. The normalized spacial score (nSPS) is 12.8. The van der Waals surface area contributed by atoms with Crippen molar-refractivity contribution in [2.45, 2.75) is 58.9 Å². The Morgan fingerprint density at radius 2 is 1.75 bits per heavy atom. The lowest BCUT2D eigenvalue weighted by molar-refractivity contribution is 0.174. The smallest absolute Gasteiger partial charge is 0.317 e. The summed E-state index contributed by atoms with van der Waals surface area (Å²) in [5.74, 6) is 0.278. The van der Waals surface area contributed by atoms with Crippen LogP contribution in [-0.2, 0) is 16.7 Å². The minimum Gasteiger partial charge on any atom is -0.382 e. The van der Waals surface area contributed by atoms with Gasteiger partial charge in [-0.1, -0.05) is 19.1 Å². The zero-order chi connectivity index (χ0) is 18.3. The second-order valence-corrected chi connectivity index (χ2v) is 8.08. The second kappa shape index (κ2) is 8.92. The molecule has 0 fully saturated rings. The first kappa shape index (κ1) is 20.3. The fourth-order valence-corrected chi connectivity index (χ4v) is 2.55. The van der Waals surface area contributed by atoms with Crippen LogP contribution in [0.15, 0.2) is 24.3 Å². The van der Waals surface area contributed by atoms with E-state index in [1.807, 2.05) is 20.8 Å². The highest BCUT2D eigenvalue weighted by atomic mass is 32.2. The van der Waals surface area contributed by atoms with Gasteiger partial charge in [-0.2, -0.15) is 8.42 Å². The van der Waals surface area contributed by atoms with E-state index in [1.165, 1.54) is 0 Å². The highest BCUT2D eigenvalue weighted by Crippen LogP contribution is 2.18. The number of amides is 2. The van der Waals surface area contributed by atoms with Crippen molar-refractivity contribution in [3.63, 3.8) is 0 Å². The molecule has 0 bridgehead atoms. The van der Waals surface area contributed by atoms with Crippen molar-refractivity contribution < 1.29 is 17.4 Å². The Kier molecular flexibility index (Phi) is 7.54. The van der Waals surface area contributed by atoms with Crippen LogP contribution >= 0.6 is 0 Å². The van der Waals surface area contributed by atoms with Crippen molar-refractivity contribution >= 4 is 16.1 Å². The number of rotatable bonds is 8. The summed E-state index contributed by atoms with van der Waals surface area (Å²) in [6.45, 7) is 10.1. The van der Waals surface area contributed by atoms with Gasteiger partial charge in [0.1, 0.15) is 5.75 Å². The number of benzene rings is 1. The van der Waals surface area contributed by atoms with Crippen LogP contribution in [0.1, 0.15) is 46.6 Å². The first-order valence-corrected chi connectivity index (χ1v) is 9.75. The van der Waals surface area contributed by atoms with Crippen LogP contribution < -0.4 is 9.50 Å². The van der Waals surface area contributed by atoms with Gasteiger partial charge in [-0.3, -0.25) is 0 Å². The van der Waals surface area contributed by atoms with Gasteiger partial charge in [0.2, 0.25) is 0 Å². The van der Waals surface area contributed by atoms with Gasteiger partial charge < -0.3 is 14.4 Å². The van der Waals surface area contributed by atoms with E-state index >= 15 is 0 Å². The lowest BCUT2D eigenvalue weighted by Crippen LogP contribution is -2.44. The van der Waals surface area contributed by atoms with Crippen LogP contribution in [0.3, 0.4) is 0 Å². The molecule has 1 N–H and O–H groups in total. The Balaban J connectivity index is 2.85. The summed E-state index contributed by atoms with van der Waals surface area (Å²) >= 11 is 0. The second-order valence-electron chi connectivity index (χ2n) is 5.99. The number of carbonyl (C=O) groups is 1. The van der Waals surface area contributed by atoms with Crippen molar-refractivity contribution in [2.75, 3.05) is 6.54 Å². The number of nitrogens with one attached hydrogen (secondary N) is 1. The van der Waals surface area contributed by atoms with Crippen LogP contribution in [0.2, 0.25) is 0 Å². The molecule has 0 aliphatic heterocycles. The molecule has 0 heterocycles. The van der Waals surface area contributed by atoms with E-state index in [9.17, 15) is 13.2 Å². The van der Waals surface area contributed by atoms with E-state index < -0.39 is 15.4 Å². The van der Waals surface area contributed by atoms with Crippen LogP contribution in [0, 0.1) is 0 Å². The molecule has 0 saturated heterocycles. The highest BCUT2D eigenvalue weighted by Gasteiger charge is 2.20. The molecule has 0 aliphatic carbocycles. The molecule has 2 amide bonds. The first-order valence-electron chi connectivity index (χ1n) is 8.27. The Morgan fingerprint density at radius 3 is 2.21 bits per heavy atom. The lowest BCUT2D eigenvalue weighted by Gasteiger charge is -2.28. The minimum atomic E-state index is -3.60. The summed E-state index contributed by atoms with van der Waals surface area (Å²) in [5, 5.41) is 2.22. The minimum absolute atomic E-state index is 0.102. The molecule has 1 rings (SSSR count). The van der Waals surface area contributed by atoms with Gasteiger partial charge in [-0.15, -0.1) is 0 Å². The predicted octanol–water partition coefficient (Wildman–Crippen LogP) is 3.13. The third-order valence-electron chi connectivity index (χ3n) is 3.78. The Labute approximate surface area is 145 Å². The Morgan fingerprint density at radius 1 is 1.17 bits per heavy atom. The number of urea groups is 1. The third kappa shape index (κ3) is 5.70. The summed E-state index contributed by atoms with van der Waals surface area (Å²) in [7, 11) is -3.60. The molecule has 1 aromatic carbocycles. The van der Waals surface area contributed by atoms with Crippen molar-refractivity contribution in [1.29, 1.82) is 0 Å². The summed E-state index contributed by atoms with van der Waals surface area (Å²) in [5.41, 5.74) is 0.913. The van der Waals surface area contributed by atoms with Gasteiger partial charge in [-0.25, -0.2) is 4.79 Å². The molecular weight excluding hydrogens is 328 g/mol. The maximum Gasteiger partial charge on any atom is 0.317 e. The van der Waals surface area contributed by atoms with Gasteiger partial charge in [0.25, 0.3) is 0 Å². The Bertz CT molecular complexity index is 626. The molecule has 136 valence electrons. The van der Waals surface area contributed by atoms with Gasteiger partial charge in [0.15, 0.2) is 0 Å². The Hall–Kier alpha value is -1.76. The molecule has 6 nitrogen and oxygen atoms in total. The number of nitrogens with zero attached hydrogens (tertiary/aromatic N) is 1. The average molecular weight is 356 g/mol. The van der Waals surface area contributed by atoms with Crippen molar-refractivity contribution in [3.8, 4) is 5.75 Å². The van der Waals surface area contributed by atoms with Gasteiger partial charge in [0, 0.05) is 19.1 Å². The number of hydrogen-bond acceptors (Lipinski definition) is 4. The summed E-state index contributed by atoms with van der Waals surface area (Å²) in [6, 6.07) is 6.78. The molecule has 7 heteroatoms. The van der Waals surface area contributed by atoms with Gasteiger partial charge in [-0.05, 0) is 51.8 Å². The lowest BCUT2D eigenvalue weighted by atomic mass is 10.1. The summed E-state index contributed by atoms with van der Waals surface area (Å²) in [6.07, 6.45) is 0.852. The molecule has 24 heavy (non-hydrogen) atoms. The molecule has 0 saturated carbocycles. The largest absolute Gasteiger partial charge is 0.382 e. The van der Waals surface area contributed by atoms with E-state index in [1.54, 1.807) is 43.0 Å². The van der Waals surface area contributed by atoms with Crippen molar-refractivity contribution in [1.82, 2.24) is 10.2 Å². The maximum absolute atomic E-state index is 12.2. The van der Waals surface area contributed by atoms with E-state index in [-0.39, 0.29) is 17.8 Å². The number of hydrogen-bond donors (Lipinski definition) is 1. The molecule has 0 radical (unpaired) electrons. The van der Waals surface area contributed by atoms with Crippen molar-refractivity contribution in [3.05, 3.63) is 29.8 Å². The van der Waals surface area contributed by atoms with E-state index in [0.717, 1.165) is 12.0 Å². The van der Waals surface area contributed by atoms with E-state index in [2.05, 4.69) is 5.32 Å². The number of carbonyl (C=O) groups excluding carboxylic acids is 1. The summed E-state index contributed by atoms with van der Waals surface area (Å²) < 4.78 is 28.6. The highest BCUT2D eigenvalue weighted by molar-refractivity contribution is 7.87. The molecule has 0 spiro atoms. The predicted molar refractivity (Wildman–Crippen MR) is 95.5 cm³/mol. The third-order valence-corrected chi connectivity index (χ3v) is 5.36. The topological polar surface area (TPSA) is 75.7 Å². The van der Waals surface area contributed by atoms with Crippen LogP contribution in [-0.4, -0.2) is 37.2 Å². The molecule has 0 aromatic heterocycles. The monoisotopic (exact) mass is 356 g/mol. The molecule has 1 atom stereocenters. The molecule has 1 unspecified atom stereocenters. The quantitative estimate of drug-likeness (QED) is 0.726. The van der Waals surface area contributed by atoms with Crippen LogP contribution in [0.4, 0.5) is 4.79 Å². The average Bonchev–Trinajstić information content (AvgIpc) is 2.53. The fourth-order valence-electron chi connectivity index (χ4n) is 1.98. The maximum atomic E-state index is 12.2. The van der Waals surface area contributed by atoms with Gasteiger partial charge >= 0.3 is 16.1 Å². The zero-order valence-corrected chi connectivity index (χ0v) is 15.9. The SMILES string of the molecule is CCNC(=O)N(Cc1ccc(OS(=O)(=O)C(C)C)cc1)C(C)CC. The fraction of sp³-hybridized carbons (Fsp3) is 0.588. The van der Waals surface area contributed by atoms with Crippen molar-refractivity contribution in [2.24, 2.45) is 0 Å². The molecular formula is C17H28N2O4S. The van der Waals surface area contributed by atoms with Gasteiger partial charge in [0.05, 0.1) is 5.25 Å². The first-order chi connectivity index (χ1) is 11.2. The zero-order valence-electron chi connectivity index (χ0n) is 15.1. The summed E-state index contributed by atoms with van der Waals surface area (Å²) in [4.78, 5) is 14.0. The van der Waals surface area contributed by atoms with Crippen LogP contribution in [0.5, 0.6) is 5.75 Å².